The van der Waals surface area contributed by atoms with Crippen LogP contribution in [0, 0.1) is 12.8 Å². The molecule has 1 aromatic carbocycles. The van der Waals surface area contributed by atoms with Gasteiger partial charge in [0.2, 0.25) is 21.8 Å². The SMILES string of the molecule is CCC(C)C(NC(=O)[C@H](CCC(=O)O)NS(=O)(=O)c1ccc(C)cc1)C(=O)N[C@H](/C=C(\Cl)S(C)(=O)=O)CC(=O)O. The zero-order chi connectivity index (χ0) is 30.8. The lowest BCUT2D eigenvalue weighted by Gasteiger charge is -2.27. The third-order valence-corrected chi connectivity index (χ3v) is 9.09. The van der Waals surface area contributed by atoms with E-state index in [1.807, 2.05) is 0 Å². The summed E-state index contributed by atoms with van der Waals surface area (Å²) in [5.74, 6) is -5.09. The van der Waals surface area contributed by atoms with Gasteiger partial charge in [0.25, 0.3) is 0 Å². The quantitative estimate of drug-likeness (QED) is 0.177. The Morgan fingerprint density at radius 2 is 1.55 bits per heavy atom. The molecule has 40 heavy (non-hydrogen) atoms. The molecule has 0 fully saturated rings. The second-order valence-corrected chi connectivity index (χ2v) is 13.6. The van der Waals surface area contributed by atoms with Gasteiger partial charge in [0.15, 0.2) is 9.84 Å². The number of sulfone groups is 1. The molecule has 13 nitrogen and oxygen atoms in total. The molecule has 0 aromatic heterocycles. The zero-order valence-corrected chi connectivity index (χ0v) is 24.8. The van der Waals surface area contributed by atoms with E-state index >= 15 is 0 Å². The number of rotatable bonds is 16. The molecule has 1 rings (SSSR count). The lowest BCUT2D eigenvalue weighted by molar-refractivity contribution is -0.139. The highest BCUT2D eigenvalue weighted by molar-refractivity contribution is 7.96. The van der Waals surface area contributed by atoms with E-state index in [0.717, 1.165) is 17.9 Å². The molecule has 1 aromatic rings. The first-order valence-electron chi connectivity index (χ1n) is 12.1. The summed E-state index contributed by atoms with van der Waals surface area (Å²) < 4.78 is 50.7. The summed E-state index contributed by atoms with van der Waals surface area (Å²) in [5.41, 5.74) is 0.787. The topological polar surface area (TPSA) is 213 Å². The van der Waals surface area contributed by atoms with Crippen LogP contribution in [0.15, 0.2) is 39.6 Å². The maximum Gasteiger partial charge on any atom is 0.305 e. The summed E-state index contributed by atoms with van der Waals surface area (Å²) in [6, 6.07) is 1.46. The van der Waals surface area contributed by atoms with Gasteiger partial charge in [0, 0.05) is 12.7 Å². The minimum atomic E-state index is -4.26. The van der Waals surface area contributed by atoms with E-state index in [9.17, 15) is 41.1 Å². The van der Waals surface area contributed by atoms with Crippen molar-refractivity contribution in [3.05, 3.63) is 40.3 Å². The van der Waals surface area contributed by atoms with Gasteiger partial charge in [0.1, 0.15) is 16.4 Å². The van der Waals surface area contributed by atoms with Crippen molar-refractivity contribution in [2.24, 2.45) is 5.92 Å². The Hall–Kier alpha value is -3.01. The van der Waals surface area contributed by atoms with Crippen molar-refractivity contribution < 1.29 is 46.2 Å². The predicted octanol–water partition coefficient (Wildman–Crippen LogP) is 1.12. The van der Waals surface area contributed by atoms with Crippen LogP contribution < -0.4 is 15.4 Å². The molecule has 16 heteroatoms. The average Bonchev–Trinajstić information content (AvgIpc) is 2.83. The zero-order valence-electron chi connectivity index (χ0n) is 22.4. The number of aryl methyl sites for hydroxylation is 1. The summed E-state index contributed by atoms with van der Waals surface area (Å²) in [5, 5.41) is 23.1. The van der Waals surface area contributed by atoms with Crippen molar-refractivity contribution in [3.63, 3.8) is 0 Å². The number of carboxylic acid groups (broad SMARTS) is 2. The largest absolute Gasteiger partial charge is 0.481 e. The fourth-order valence-corrected chi connectivity index (χ4v) is 5.13. The van der Waals surface area contributed by atoms with Crippen LogP contribution in [0.3, 0.4) is 0 Å². The summed E-state index contributed by atoms with van der Waals surface area (Å²) in [6.45, 7) is 5.05. The van der Waals surface area contributed by atoms with Gasteiger partial charge in [-0.15, -0.1) is 0 Å². The number of hydrogen-bond acceptors (Lipinski definition) is 8. The highest BCUT2D eigenvalue weighted by atomic mass is 35.5. The molecule has 0 aliphatic carbocycles. The second kappa shape index (κ2) is 15.1. The van der Waals surface area contributed by atoms with E-state index in [-0.39, 0.29) is 4.90 Å². The van der Waals surface area contributed by atoms with Crippen LogP contribution in [0.1, 0.15) is 45.1 Å². The van der Waals surface area contributed by atoms with Crippen LogP contribution in [0.5, 0.6) is 0 Å². The molecule has 224 valence electrons. The molecule has 0 heterocycles. The van der Waals surface area contributed by atoms with E-state index in [0.29, 0.717) is 6.42 Å². The third-order valence-electron chi connectivity index (χ3n) is 5.79. The molecule has 0 bridgehead atoms. The standard InChI is InChI=1S/C24H34ClN3O10S2/c1-5-15(3)22(24(34)26-16(13-21(31)32)12-19(25)39(4,35)36)27-23(33)18(10-11-20(29)30)28-40(37,38)17-8-6-14(2)7-9-17/h6-9,12,15-16,18,22,28H,5,10-11,13H2,1-4H3,(H,26,34)(H,27,33)(H,29,30)(H,31,32)/b19-12+/t15?,16-,18+,22?/m1/s1. The Labute approximate surface area is 238 Å². The van der Waals surface area contributed by atoms with Gasteiger partial charge >= 0.3 is 11.9 Å². The van der Waals surface area contributed by atoms with Gasteiger partial charge in [-0.25, -0.2) is 16.8 Å². The number of halogens is 1. The van der Waals surface area contributed by atoms with Crippen molar-refractivity contribution in [2.45, 2.75) is 69.5 Å². The number of aliphatic carboxylic acids is 2. The summed E-state index contributed by atoms with van der Waals surface area (Å²) in [4.78, 5) is 48.7. The number of carbonyl (C=O) groups is 4. The monoisotopic (exact) mass is 623 g/mol. The molecule has 0 spiro atoms. The Bertz CT molecular complexity index is 1330. The third kappa shape index (κ3) is 11.6. The molecule has 0 aliphatic heterocycles. The highest BCUT2D eigenvalue weighted by Gasteiger charge is 2.33. The van der Waals surface area contributed by atoms with Gasteiger partial charge in [-0.2, -0.15) is 4.72 Å². The normalized spacial score (nSPS) is 15.4. The van der Waals surface area contributed by atoms with E-state index in [2.05, 4.69) is 15.4 Å². The number of hydrogen-bond donors (Lipinski definition) is 5. The van der Waals surface area contributed by atoms with Crippen LogP contribution in [0.2, 0.25) is 0 Å². The molecule has 5 N–H and O–H groups in total. The van der Waals surface area contributed by atoms with Crippen molar-refractivity contribution in [1.29, 1.82) is 0 Å². The summed E-state index contributed by atoms with van der Waals surface area (Å²) in [7, 11) is -8.16. The van der Waals surface area contributed by atoms with Gasteiger partial charge < -0.3 is 20.8 Å². The number of benzene rings is 1. The van der Waals surface area contributed by atoms with Gasteiger partial charge in [-0.1, -0.05) is 49.6 Å². The number of amides is 2. The lowest BCUT2D eigenvalue weighted by Crippen LogP contribution is -2.57. The van der Waals surface area contributed by atoms with Crippen LogP contribution in [0.4, 0.5) is 0 Å². The van der Waals surface area contributed by atoms with Crippen molar-refractivity contribution in [1.82, 2.24) is 15.4 Å². The van der Waals surface area contributed by atoms with Crippen molar-refractivity contribution in [2.75, 3.05) is 6.26 Å². The van der Waals surface area contributed by atoms with Crippen molar-refractivity contribution in [3.8, 4) is 0 Å². The molecule has 0 radical (unpaired) electrons. The Kier molecular flexibility index (Phi) is 13.2. The maximum atomic E-state index is 13.2. The van der Waals surface area contributed by atoms with Crippen LogP contribution in [-0.2, 0) is 39.0 Å². The van der Waals surface area contributed by atoms with Crippen LogP contribution in [-0.4, -0.2) is 75.2 Å². The predicted molar refractivity (Wildman–Crippen MR) is 147 cm³/mol. The molecular weight excluding hydrogens is 590 g/mol. The first-order valence-corrected chi connectivity index (χ1v) is 15.8. The molecular formula is C24H34ClN3O10S2. The fourth-order valence-electron chi connectivity index (χ4n) is 3.33. The number of nitrogens with one attached hydrogen (secondary N) is 3. The van der Waals surface area contributed by atoms with Gasteiger partial charge in [0.05, 0.1) is 17.4 Å². The lowest BCUT2D eigenvalue weighted by atomic mass is 9.97. The molecule has 4 atom stereocenters. The Morgan fingerprint density at radius 1 is 0.975 bits per heavy atom. The number of carbonyl (C=O) groups excluding carboxylic acids is 2. The van der Waals surface area contributed by atoms with Crippen molar-refractivity contribution >= 4 is 55.2 Å². The van der Waals surface area contributed by atoms with Gasteiger partial charge in [-0.3, -0.25) is 19.2 Å². The molecule has 0 saturated heterocycles. The first kappa shape index (κ1) is 35.0. The van der Waals surface area contributed by atoms with Gasteiger partial charge in [-0.05, 0) is 37.5 Å². The molecule has 2 amide bonds. The van der Waals surface area contributed by atoms with E-state index in [1.54, 1.807) is 32.9 Å². The van der Waals surface area contributed by atoms with Crippen LogP contribution in [0.25, 0.3) is 0 Å². The molecule has 2 unspecified atom stereocenters. The van der Waals surface area contributed by atoms with E-state index in [1.165, 1.54) is 12.1 Å². The van der Waals surface area contributed by atoms with E-state index < -0.39 is 91.3 Å². The highest BCUT2D eigenvalue weighted by Crippen LogP contribution is 2.16. The fraction of sp³-hybridized carbons (Fsp3) is 0.500. The van der Waals surface area contributed by atoms with Crippen LogP contribution >= 0.6 is 11.6 Å². The molecule has 0 aliphatic rings. The number of carboxylic acids is 2. The first-order chi connectivity index (χ1) is 18.4. The maximum absolute atomic E-state index is 13.2. The minimum Gasteiger partial charge on any atom is -0.481 e. The molecule has 0 saturated carbocycles. The summed E-state index contributed by atoms with van der Waals surface area (Å²) >= 11 is 5.74. The number of sulfonamides is 1. The summed E-state index contributed by atoms with van der Waals surface area (Å²) in [6.07, 6.45) is 0.263. The Balaban J connectivity index is 3.29. The second-order valence-electron chi connectivity index (χ2n) is 9.25. The minimum absolute atomic E-state index is 0.159. The average molecular weight is 624 g/mol. The Morgan fingerprint density at radius 3 is 2.02 bits per heavy atom. The smallest absolute Gasteiger partial charge is 0.305 e. The van der Waals surface area contributed by atoms with E-state index in [4.69, 9.17) is 16.7 Å².